The molecule has 6 heteroatoms. The van der Waals surface area contributed by atoms with E-state index in [0.717, 1.165) is 19.6 Å². The number of benzene rings is 3. The van der Waals surface area contributed by atoms with Gasteiger partial charge in [0.25, 0.3) is 10.0 Å². The molecule has 3 aromatic rings. The number of rotatable bonds is 7. The minimum atomic E-state index is -3.79. The predicted octanol–water partition coefficient (Wildman–Crippen LogP) is 6.12. The number of sulfonamides is 1. The van der Waals surface area contributed by atoms with Crippen LogP contribution in [0.4, 0.5) is 10.1 Å². The topological polar surface area (TPSA) is 40.6 Å². The summed E-state index contributed by atoms with van der Waals surface area (Å²) >= 11 is 0. The Hall–Kier alpha value is -2.70. The first-order valence-corrected chi connectivity index (χ1v) is 13.4. The Kier molecular flexibility index (Phi) is 7.39. The van der Waals surface area contributed by atoms with Crippen molar-refractivity contribution < 1.29 is 12.8 Å². The van der Waals surface area contributed by atoms with Gasteiger partial charge in [-0.2, -0.15) is 0 Å². The quantitative estimate of drug-likeness (QED) is 0.409. The Labute approximate surface area is 203 Å². The molecule has 4 nitrogen and oxygen atoms in total. The standard InChI is InChI=1S/C28H33FN2O2S/c1-21(2)24-10-8-23(9-11-24)20-30-18-16-27(17-19-30)31(26-14-12-25(29)13-15-26)34(32,33)28-7-5-4-6-22(28)3/h4-15,21,27H,16-20H2,1-3H3. The maximum Gasteiger partial charge on any atom is 0.264 e. The molecule has 0 bridgehead atoms. The van der Waals surface area contributed by atoms with Crippen molar-refractivity contribution in [1.29, 1.82) is 0 Å². The molecule has 0 unspecified atom stereocenters. The van der Waals surface area contributed by atoms with E-state index >= 15 is 0 Å². The van der Waals surface area contributed by atoms with Gasteiger partial charge in [-0.3, -0.25) is 9.21 Å². The van der Waals surface area contributed by atoms with Gasteiger partial charge in [0.2, 0.25) is 0 Å². The molecule has 0 radical (unpaired) electrons. The second-order valence-electron chi connectivity index (χ2n) is 9.45. The third-order valence-electron chi connectivity index (χ3n) is 6.65. The van der Waals surface area contributed by atoms with E-state index < -0.39 is 10.0 Å². The van der Waals surface area contributed by atoms with Crippen molar-refractivity contribution in [3.63, 3.8) is 0 Å². The molecule has 0 atom stereocenters. The molecule has 0 saturated carbocycles. The van der Waals surface area contributed by atoms with Gasteiger partial charge in [0, 0.05) is 25.7 Å². The van der Waals surface area contributed by atoms with Gasteiger partial charge in [-0.1, -0.05) is 56.3 Å². The van der Waals surface area contributed by atoms with E-state index in [1.807, 2.05) is 19.1 Å². The van der Waals surface area contributed by atoms with Crippen LogP contribution in [0.15, 0.2) is 77.7 Å². The third kappa shape index (κ3) is 5.34. The minimum absolute atomic E-state index is 0.186. The Morgan fingerprint density at radius 3 is 2.15 bits per heavy atom. The number of hydrogen-bond acceptors (Lipinski definition) is 3. The molecule has 1 fully saturated rings. The highest BCUT2D eigenvalue weighted by molar-refractivity contribution is 7.93. The highest BCUT2D eigenvalue weighted by Gasteiger charge is 2.34. The first kappa shape index (κ1) is 24.4. The number of nitrogens with zero attached hydrogens (tertiary/aromatic N) is 2. The zero-order chi connectivity index (χ0) is 24.3. The first-order chi connectivity index (χ1) is 16.3. The van der Waals surface area contributed by atoms with E-state index in [1.165, 1.54) is 27.6 Å². The molecular formula is C28H33FN2O2S. The molecule has 34 heavy (non-hydrogen) atoms. The van der Waals surface area contributed by atoms with Gasteiger partial charge in [-0.15, -0.1) is 0 Å². The molecule has 0 N–H and O–H groups in total. The lowest BCUT2D eigenvalue weighted by Gasteiger charge is -2.39. The highest BCUT2D eigenvalue weighted by Crippen LogP contribution is 2.32. The normalized spacial score (nSPS) is 15.6. The monoisotopic (exact) mass is 480 g/mol. The summed E-state index contributed by atoms with van der Waals surface area (Å²) in [4.78, 5) is 2.68. The van der Waals surface area contributed by atoms with Crippen molar-refractivity contribution in [2.45, 2.75) is 57.0 Å². The van der Waals surface area contributed by atoms with Gasteiger partial charge in [-0.05, 0) is 72.7 Å². The molecule has 4 rings (SSSR count). The zero-order valence-corrected chi connectivity index (χ0v) is 20.9. The Morgan fingerprint density at radius 1 is 0.941 bits per heavy atom. The van der Waals surface area contributed by atoms with Crippen molar-refractivity contribution in [3.05, 3.63) is 95.3 Å². The number of aryl methyl sites for hydroxylation is 1. The van der Waals surface area contributed by atoms with E-state index in [9.17, 15) is 12.8 Å². The van der Waals surface area contributed by atoms with E-state index in [-0.39, 0.29) is 11.9 Å². The lowest BCUT2D eigenvalue weighted by Crippen LogP contribution is -2.47. The maximum atomic E-state index is 13.8. The van der Waals surface area contributed by atoms with Crippen LogP contribution in [0, 0.1) is 12.7 Å². The number of halogens is 1. The van der Waals surface area contributed by atoms with Crippen LogP contribution in [0.2, 0.25) is 0 Å². The SMILES string of the molecule is Cc1ccccc1S(=O)(=O)N(c1ccc(F)cc1)C1CCN(Cc2ccc(C(C)C)cc2)CC1. The van der Waals surface area contributed by atoms with Crippen molar-refractivity contribution in [2.75, 3.05) is 17.4 Å². The number of hydrogen-bond donors (Lipinski definition) is 0. The van der Waals surface area contributed by atoms with Crippen LogP contribution in [0.25, 0.3) is 0 Å². The summed E-state index contributed by atoms with van der Waals surface area (Å²) in [5, 5.41) is 0. The summed E-state index contributed by atoms with van der Waals surface area (Å²) in [5.41, 5.74) is 3.81. The van der Waals surface area contributed by atoms with Gasteiger partial charge in [0.15, 0.2) is 0 Å². The number of anilines is 1. The largest absolute Gasteiger partial charge is 0.299 e. The Balaban J connectivity index is 1.54. The van der Waals surface area contributed by atoms with Crippen LogP contribution >= 0.6 is 0 Å². The van der Waals surface area contributed by atoms with Crippen LogP contribution in [-0.2, 0) is 16.6 Å². The molecule has 0 aliphatic carbocycles. The molecule has 3 aromatic carbocycles. The summed E-state index contributed by atoms with van der Waals surface area (Å²) in [6.07, 6.45) is 1.43. The third-order valence-corrected chi connectivity index (χ3v) is 8.69. The summed E-state index contributed by atoms with van der Waals surface area (Å²) in [6.45, 7) is 8.65. The molecule has 0 spiro atoms. The number of piperidine rings is 1. The van der Waals surface area contributed by atoms with Crippen molar-refractivity contribution in [3.8, 4) is 0 Å². The smallest absolute Gasteiger partial charge is 0.264 e. The minimum Gasteiger partial charge on any atom is -0.299 e. The van der Waals surface area contributed by atoms with Gasteiger partial charge in [-0.25, -0.2) is 12.8 Å². The molecule has 0 amide bonds. The van der Waals surface area contributed by atoms with Crippen LogP contribution in [0.5, 0.6) is 0 Å². The van der Waals surface area contributed by atoms with Crippen molar-refractivity contribution >= 4 is 15.7 Å². The highest BCUT2D eigenvalue weighted by atomic mass is 32.2. The fraction of sp³-hybridized carbons (Fsp3) is 0.357. The number of likely N-dealkylation sites (tertiary alicyclic amines) is 1. The lowest BCUT2D eigenvalue weighted by molar-refractivity contribution is 0.206. The molecule has 180 valence electrons. The second-order valence-corrected chi connectivity index (χ2v) is 11.2. The van der Waals surface area contributed by atoms with Crippen molar-refractivity contribution in [1.82, 2.24) is 4.90 Å². The van der Waals surface area contributed by atoms with Crippen molar-refractivity contribution in [2.24, 2.45) is 0 Å². The maximum absolute atomic E-state index is 13.8. The zero-order valence-electron chi connectivity index (χ0n) is 20.1. The summed E-state index contributed by atoms with van der Waals surface area (Å²) in [5.74, 6) is 0.132. The molecular weight excluding hydrogens is 447 g/mol. The lowest BCUT2D eigenvalue weighted by atomic mass is 10.0. The van der Waals surface area contributed by atoms with Gasteiger partial charge >= 0.3 is 0 Å². The fourth-order valence-corrected chi connectivity index (χ4v) is 6.60. The average Bonchev–Trinajstić information content (AvgIpc) is 2.82. The van der Waals surface area contributed by atoms with Crippen LogP contribution in [-0.4, -0.2) is 32.4 Å². The molecule has 1 heterocycles. The summed E-state index contributed by atoms with van der Waals surface area (Å²) in [6, 6.07) is 21.4. The Morgan fingerprint density at radius 2 is 1.56 bits per heavy atom. The van der Waals surface area contributed by atoms with Crippen LogP contribution in [0.3, 0.4) is 0 Å². The van der Waals surface area contributed by atoms with E-state index in [4.69, 9.17) is 0 Å². The molecule has 1 saturated heterocycles. The van der Waals surface area contributed by atoms with E-state index in [0.29, 0.717) is 34.9 Å². The van der Waals surface area contributed by atoms with E-state index in [1.54, 1.807) is 24.3 Å². The molecule has 1 aliphatic heterocycles. The Bertz CT molecular complexity index is 1200. The van der Waals surface area contributed by atoms with E-state index in [2.05, 4.69) is 43.0 Å². The average molecular weight is 481 g/mol. The fourth-order valence-electron chi connectivity index (χ4n) is 4.66. The molecule has 1 aliphatic rings. The van der Waals surface area contributed by atoms with Gasteiger partial charge < -0.3 is 0 Å². The van der Waals surface area contributed by atoms with Gasteiger partial charge in [0.1, 0.15) is 5.82 Å². The van der Waals surface area contributed by atoms with Gasteiger partial charge in [0.05, 0.1) is 10.6 Å². The second kappa shape index (κ2) is 10.3. The first-order valence-electron chi connectivity index (χ1n) is 11.9. The van der Waals surface area contributed by atoms with Crippen LogP contribution in [0.1, 0.15) is 49.3 Å². The van der Waals surface area contributed by atoms with Crippen LogP contribution < -0.4 is 4.31 Å². The summed E-state index contributed by atoms with van der Waals surface area (Å²) < 4.78 is 42.8. The molecule has 0 aromatic heterocycles. The predicted molar refractivity (Wildman–Crippen MR) is 136 cm³/mol. The summed E-state index contributed by atoms with van der Waals surface area (Å²) in [7, 11) is -3.79.